The second-order valence-electron chi connectivity index (χ2n) is 5.41. The van der Waals surface area contributed by atoms with Crippen LogP contribution in [0.25, 0.3) is 0 Å². The van der Waals surface area contributed by atoms with E-state index in [1.807, 2.05) is 12.1 Å². The molecule has 2 rings (SSSR count). The number of rotatable bonds is 8. The van der Waals surface area contributed by atoms with Gasteiger partial charge in [-0.3, -0.25) is 0 Å². The van der Waals surface area contributed by atoms with Crippen LogP contribution in [0.1, 0.15) is 36.8 Å². The number of hydrogen-bond donors (Lipinski definition) is 0. The first-order valence-electron chi connectivity index (χ1n) is 7.59. The lowest BCUT2D eigenvalue weighted by atomic mass is 10.0. The number of carbonyl (C=O) groups is 1. The van der Waals surface area contributed by atoms with Crippen molar-refractivity contribution >= 4 is 6.29 Å². The number of carbonyl (C=O) groups excluding carboxylic acids is 1. The van der Waals surface area contributed by atoms with Gasteiger partial charge in [0.1, 0.15) is 6.29 Å². The molecule has 1 aromatic rings. The minimum atomic E-state index is -0.161. The molecular formula is C17H24O4. The summed E-state index contributed by atoms with van der Waals surface area (Å²) in [6, 6.07) is 8.21. The molecule has 1 saturated heterocycles. The molecule has 1 aliphatic rings. The Morgan fingerprint density at radius 3 is 2.95 bits per heavy atom. The highest BCUT2D eigenvalue weighted by atomic mass is 16.7. The van der Waals surface area contributed by atoms with Gasteiger partial charge in [0.25, 0.3) is 0 Å². The van der Waals surface area contributed by atoms with Gasteiger partial charge in [0.2, 0.25) is 0 Å². The fraction of sp³-hybridized carbons (Fsp3) is 0.588. The van der Waals surface area contributed by atoms with Crippen molar-refractivity contribution in [1.82, 2.24) is 0 Å². The van der Waals surface area contributed by atoms with Crippen molar-refractivity contribution in [2.45, 2.75) is 51.1 Å². The highest BCUT2D eigenvalue weighted by molar-refractivity contribution is 5.50. The first kappa shape index (κ1) is 16.1. The summed E-state index contributed by atoms with van der Waals surface area (Å²) in [7, 11) is 1.69. The standard InChI is InChI=1S/C17H24O4/c1-19-13-15-6-4-5-14(11-15)12-16(8-9-18)21-17-7-2-3-10-20-17/h4-6,9,11,16-17H,2-3,7-8,10,12-13H2,1H3/t16-,17?/m1/s1. The maximum atomic E-state index is 10.9. The van der Waals surface area contributed by atoms with Crippen molar-refractivity contribution in [3.05, 3.63) is 35.4 Å². The minimum Gasteiger partial charge on any atom is -0.380 e. The molecule has 2 atom stereocenters. The molecule has 0 bridgehead atoms. The summed E-state index contributed by atoms with van der Waals surface area (Å²) in [6.45, 7) is 1.35. The highest BCUT2D eigenvalue weighted by Crippen LogP contribution is 2.19. The van der Waals surface area contributed by atoms with Crippen LogP contribution in [-0.2, 0) is 32.0 Å². The zero-order chi connectivity index (χ0) is 14.9. The second-order valence-corrected chi connectivity index (χ2v) is 5.41. The van der Waals surface area contributed by atoms with E-state index >= 15 is 0 Å². The summed E-state index contributed by atoms with van der Waals surface area (Å²) < 4.78 is 16.7. The summed E-state index contributed by atoms with van der Waals surface area (Å²) in [5.74, 6) is 0. The summed E-state index contributed by atoms with van der Waals surface area (Å²) >= 11 is 0. The Morgan fingerprint density at radius 2 is 2.24 bits per heavy atom. The Morgan fingerprint density at radius 1 is 1.38 bits per heavy atom. The van der Waals surface area contributed by atoms with Crippen LogP contribution in [0.3, 0.4) is 0 Å². The lowest BCUT2D eigenvalue weighted by Gasteiger charge is -2.27. The topological polar surface area (TPSA) is 44.8 Å². The Kier molecular flexibility index (Phi) is 6.86. The van der Waals surface area contributed by atoms with Crippen LogP contribution in [0.5, 0.6) is 0 Å². The molecule has 0 aromatic heterocycles. The van der Waals surface area contributed by atoms with E-state index in [4.69, 9.17) is 14.2 Å². The van der Waals surface area contributed by atoms with Crippen molar-refractivity contribution in [3.8, 4) is 0 Å². The van der Waals surface area contributed by atoms with E-state index in [9.17, 15) is 4.79 Å². The van der Waals surface area contributed by atoms with Crippen LogP contribution >= 0.6 is 0 Å². The molecule has 21 heavy (non-hydrogen) atoms. The molecular weight excluding hydrogens is 268 g/mol. The molecule has 4 heteroatoms. The third-order valence-corrected chi connectivity index (χ3v) is 3.61. The van der Waals surface area contributed by atoms with E-state index in [0.717, 1.165) is 49.7 Å². The molecule has 0 N–H and O–H groups in total. The predicted molar refractivity (Wildman–Crippen MR) is 80.0 cm³/mol. The van der Waals surface area contributed by atoms with Gasteiger partial charge >= 0.3 is 0 Å². The Hall–Kier alpha value is -1.23. The molecule has 1 aromatic carbocycles. The van der Waals surface area contributed by atoms with Crippen molar-refractivity contribution in [2.75, 3.05) is 13.7 Å². The predicted octanol–water partition coefficient (Wildman–Crippen LogP) is 2.88. The van der Waals surface area contributed by atoms with Gasteiger partial charge in [0.05, 0.1) is 12.7 Å². The zero-order valence-corrected chi connectivity index (χ0v) is 12.6. The first-order valence-corrected chi connectivity index (χ1v) is 7.59. The second kappa shape index (κ2) is 8.93. The maximum Gasteiger partial charge on any atom is 0.157 e. The summed E-state index contributed by atoms with van der Waals surface area (Å²) in [4.78, 5) is 10.9. The summed E-state index contributed by atoms with van der Waals surface area (Å²) in [5, 5.41) is 0. The van der Waals surface area contributed by atoms with Crippen LogP contribution in [0.2, 0.25) is 0 Å². The van der Waals surface area contributed by atoms with Gasteiger partial charge in [0, 0.05) is 20.1 Å². The lowest BCUT2D eigenvalue weighted by molar-refractivity contribution is -0.188. The quantitative estimate of drug-likeness (QED) is 0.691. The molecule has 0 aliphatic carbocycles. The average Bonchev–Trinajstić information content (AvgIpc) is 2.49. The molecule has 1 heterocycles. The van der Waals surface area contributed by atoms with E-state index in [-0.39, 0.29) is 12.4 Å². The van der Waals surface area contributed by atoms with Gasteiger partial charge in [-0.15, -0.1) is 0 Å². The molecule has 116 valence electrons. The largest absolute Gasteiger partial charge is 0.380 e. The highest BCUT2D eigenvalue weighted by Gasteiger charge is 2.20. The van der Waals surface area contributed by atoms with Crippen molar-refractivity contribution in [2.24, 2.45) is 0 Å². The molecule has 4 nitrogen and oxygen atoms in total. The van der Waals surface area contributed by atoms with Gasteiger partial charge in [0.15, 0.2) is 6.29 Å². The fourth-order valence-electron chi connectivity index (χ4n) is 2.60. The maximum absolute atomic E-state index is 10.9. The van der Waals surface area contributed by atoms with Gasteiger partial charge in [-0.2, -0.15) is 0 Å². The molecule has 0 spiro atoms. The van der Waals surface area contributed by atoms with Crippen LogP contribution < -0.4 is 0 Å². The van der Waals surface area contributed by atoms with E-state index in [1.54, 1.807) is 7.11 Å². The minimum absolute atomic E-state index is 0.122. The molecule has 0 saturated carbocycles. The van der Waals surface area contributed by atoms with Crippen molar-refractivity contribution in [1.29, 1.82) is 0 Å². The molecule has 1 fully saturated rings. The van der Waals surface area contributed by atoms with Crippen molar-refractivity contribution in [3.63, 3.8) is 0 Å². The first-order chi connectivity index (χ1) is 10.3. The SMILES string of the molecule is COCc1cccc(C[C@@H](CC=O)OC2CCCCO2)c1. The zero-order valence-electron chi connectivity index (χ0n) is 12.6. The van der Waals surface area contributed by atoms with Crippen LogP contribution in [0.15, 0.2) is 24.3 Å². The van der Waals surface area contributed by atoms with E-state index in [1.165, 1.54) is 0 Å². The number of methoxy groups -OCH3 is 1. The lowest BCUT2D eigenvalue weighted by Crippen LogP contribution is -2.29. The average molecular weight is 292 g/mol. The van der Waals surface area contributed by atoms with Crippen LogP contribution in [-0.4, -0.2) is 32.4 Å². The monoisotopic (exact) mass is 292 g/mol. The number of benzene rings is 1. The Labute approximate surface area is 126 Å². The van der Waals surface area contributed by atoms with Crippen molar-refractivity contribution < 1.29 is 19.0 Å². The molecule has 0 amide bonds. The number of hydrogen-bond acceptors (Lipinski definition) is 4. The Balaban J connectivity index is 1.94. The van der Waals surface area contributed by atoms with Gasteiger partial charge in [-0.25, -0.2) is 0 Å². The summed E-state index contributed by atoms with van der Waals surface area (Å²) in [6.07, 6.45) is 4.89. The van der Waals surface area contributed by atoms with Crippen LogP contribution in [0.4, 0.5) is 0 Å². The van der Waals surface area contributed by atoms with E-state index in [0.29, 0.717) is 13.0 Å². The van der Waals surface area contributed by atoms with Crippen LogP contribution in [0, 0.1) is 0 Å². The molecule has 0 radical (unpaired) electrons. The summed E-state index contributed by atoms with van der Waals surface area (Å²) in [5.41, 5.74) is 2.29. The van der Waals surface area contributed by atoms with Gasteiger partial charge in [-0.05, 0) is 36.8 Å². The molecule has 1 unspecified atom stereocenters. The Bertz CT molecular complexity index is 427. The third kappa shape index (κ3) is 5.58. The third-order valence-electron chi connectivity index (χ3n) is 3.61. The number of aldehydes is 1. The van der Waals surface area contributed by atoms with Gasteiger partial charge in [-0.1, -0.05) is 24.3 Å². The molecule has 1 aliphatic heterocycles. The van der Waals surface area contributed by atoms with E-state index < -0.39 is 0 Å². The number of ether oxygens (including phenoxy) is 3. The normalized spacial score (nSPS) is 20.1. The smallest absolute Gasteiger partial charge is 0.157 e. The van der Waals surface area contributed by atoms with Gasteiger partial charge < -0.3 is 19.0 Å². The fourth-order valence-corrected chi connectivity index (χ4v) is 2.60. The van der Waals surface area contributed by atoms with E-state index in [2.05, 4.69) is 12.1 Å².